The number of carbonyl (C=O) groups is 1. The molecule has 1 heterocycles. The summed E-state index contributed by atoms with van der Waals surface area (Å²) in [5.74, 6) is -1.02. The minimum Gasteiger partial charge on any atom is -0.496 e. The van der Waals surface area contributed by atoms with Crippen molar-refractivity contribution in [2.45, 2.75) is 18.3 Å². The van der Waals surface area contributed by atoms with Gasteiger partial charge in [-0.1, -0.05) is 0 Å². The van der Waals surface area contributed by atoms with E-state index in [-0.39, 0.29) is 0 Å². The molecular formula is C13H15FO4. The first kappa shape index (κ1) is 12.8. The van der Waals surface area contributed by atoms with Crippen LogP contribution in [-0.4, -0.2) is 31.4 Å². The van der Waals surface area contributed by atoms with E-state index in [0.29, 0.717) is 37.4 Å². The highest BCUT2D eigenvalue weighted by molar-refractivity contribution is 5.82. The van der Waals surface area contributed by atoms with Crippen molar-refractivity contribution in [2.75, 3.05) is 20.3 Å². The first-order valence-corrected chi connectivity index (χ1v) is 5.75. The van der Waals surface area contributed by atoms with Crippen molar-refractivity contribution in [1.82, 2.24) is 0 Å². The second-order valence-electron chi connectivity index (χ2n) is 4.34. The number of hydrogen-bond donors (Lipinski definition) is 1. The Morgan fingerprint density at radius 3 is 2.67 bits per heavy atom. The SMILES string of the molecule is COc1ccc(F)cc1C1(C(=O)O)CCOCC1. The van der Waals surface area contributed by atoms with Crippen LogP contribution in [0.1, 0.15) is 18.4 Å². The van der Waals surface area contributed by atoms with Gasteiger partial charge in [-0.25, -0.2) is 4.39 Å². The van der Waals surface area contributed by atoms with Crippen molar-refractivity contribution < 1.29 is 23.8 Å². The van der Waals surface area contributed by atoms with Crippen LogP contribution in [-0.2, 0) is 14.9 Å². The molecule has 0 atom stereocenters. The lowest BCUT2D eigenvalue weighted by atomic mass is 9.74. The van der Waals surface area contributed by atoms with Gasteiger partial charge in [0.05, 0.1) is 7.11 Å². The second-order valence-corrected chi connectivity index (χ2v) is 4.34. The molecule has 5 heteroatoms. The van der Waals surface area contributed by atoms with Gasteiger partial charge < -0.3 is 14.6 Å². The highest BCUT2D eigenvalue weighted by Crippen LogP contribution is 2.40. The van der Waals surface area contributed by atoms with Crippen LogP contribution in [0.25, 0.3) is 0 Å². The fourth-order valence-corrected chi connectivity index (χ4v) is 2.37. The Bertz CT molecular complexity index is 452. The lowest BCUT2D eigenvalue weighted by molar-refractivity contribution is -0.147. The van der Waals surface area contributed by atoms with E-state index in [0.717, 1.165) is 0 Å². The molecule has 0 bridgehead atoms. The Balaban J connectivity index is 2.54. The Kier molecular flexibility index (Phi) is 3.52. The highest BCUT2D eigenvalue weighted by Gasteiger charge is 2.44. The van der Waals surface area contributed by atoms with Crippen molar-refractivity contribution in [3.05, 3.63) is 29.6 Å². The molecule has 0 aliphatic carbocycles. The Morgan fingerprint density at radius 2 is 2.11 bits per heavy atom. The molecule has 18 heavy (non-hydrogen) atoms. The number of halogens is 1. The van der Waals surface area contributed by atoms with Crippen molar-refractivity contribution in [1.29, 1.82) is 0 Å². The summed E-state index contributed by atoms with van der Waals surface area (Å²) in [6.07, 6.45) is 0.643. The molecule has 1 aromatic carbocycles. The van der Waals surface area contributed by atoms with E-state index in [4.69, 9.17) is 9.47 Å². The minimum atomic E-state index is -1.12. The van der Waals surface area contributed by atoms with Crippen LogP contribution in [0.2, 0.25) is 0 Å². The fourth-order valence-electron chi connectivity index (χ4n) is 2.37. The maximum atomic E-state index is 13.4. The summed E-state index contributed by atoms with van der Waals surface area (Å²) in [7, 11) is 1.45. The van der Waals surface area contributed by atoms with Gasteiger partial charge in [0.1, 0.15) is 17.0 Å². The molecule has 0 spiro atoms. The summed E-state index contributed by atoms with van der Waals surface area (Å²) < 4.78 is 23.8. The normalized spacial score (nSPS) is 18.3. The van der Waals surface area contributed by atoms with E-state index >= 15 is 0 Å². The molecule has 0 radical (unpaired) electrons. The zero-order chi connectivity index (χ0) is 13.2. The van der Waals surface area contributed by atoms with Crippen LogP contribution in [0.3, 0.4) is 0 Å². The summed E-state index contributed by atoms with van der Waals surface area (Å²) in [6.45, 7) is 0.706. The predicted octanol–water partition coefficient (Wildman–Crippen LogP) is 1.97. The standard InChI is InChI=1S/C13H15FO4/c1-17-11-3-2-9(14)8-10(11)13(12(15)16)4-6-18-7-5-13/h2-3,8H,4-7H2,1H3,(H,15,16). The van der Waals surface area contributed by atoms with Gasteiger partial charge in [0, 0.05) is 18.8 Å². The van der Waals surface area contributed by atoms with E-state index in [1.165, 1.54) is 25.3 Å². The number of rotatable bonds is 3. The third kappa shape index (κ3) is 2.06. The van der Waals surface area contributed by atoms with Gasteiger partial charge in [-0.2, -0.15) is 0 Å². The molecule has 1 fully saturated rings. The number of carboxylic acid groups (broad SMARTS) is 1. The fraction of sp³-hybridized carbons (Fsp3) is 0.462. The molecule has 1 aliphatic rings. The molecule has 0 amide bonds. The number of ether oxygens (including phenoxy) is 2. The van der Waals surface area contributed by atoms with Gasteiger partial charge in [0.15, 0.2) is 0 Å². The van der Waals surface area contributed by atoms with Crippen LogP contribution in [0, 0.1) is 5.82 Å². The molecule has 1 aliphatic heterocycles. The second kappa shape index (κ2) is 4.94. The molecule has 1 aromatic rings. The molecule has 4 nitrogen and oxygen atoms in total. The third-order valence-corrected chi connectivity index (χ3v) is 3.43. The van der Waals surface area contributed by atoms with Crippen LogP contribution < -0.4 is 4.74 Å². The Labute approximate surface area is 104 Å². The summed E-state index contributed by atoms with van der Waals surface area (Å²) in [5, 5.41) is 9.52. The van der Waals surface area contributed by atoms with Crippen LogP contribution >= 0.6 is 0 Å². The molecular weight excluding hydrogens is 239 g/mol. The smallest absolute Gasteiger partial charge is 0.314 e. The summed E-state index contributed by atoms with van der Waals surface area (Å²) in [4.78, 5) is 11.6. The number of carboxylic acids is 1. The molecule has 98 valence electrons. The van der Waals surface area contributed by atoms with Crippen LogP contribution in [0.15, 0.2) is 18.2 Å². The first-order valence-electron chi connectivity index (χ1n) is 5.75. The van der Waals surface area contributed by atoms with Crippen molar-refractivity contribution in [2.24, 2.45) is 0 Å². The maximum Gasteiger partial charge on any atom is 0.314 e. The number of methoxy groups -OCH3 is 1. The van der Waals surface area contributed by atoms with Gasteiger partial charge in [-0.3, -0.25) is 4.79 Å². The number of hydrogen-bond acceptors (Lipinski definition) is 3. The number of aliphatic carboxylic acids is 1. The van der Waals surface area contributed by atoms with Crippen LogP contribution in [0.5, 0.6) is 5.75 Å². The Morgan fingerprint density at radius 1 is 1.44 bits per heavy atom. The largest absolute Gasteiger partial charge is 0.496 e. The van der Waals surface area contributed by atoms with E-state index < -0.39 is 17.2 Å². The van der Waals surface area contributed by atoms with Crippen LogP contribution in [0.4, 0.5) is 4.39 Å². The zero-order valence-corrected chi connectivity index (χ0v) is 10.1. The number of benzene rings is 1. The zero-order valence-electron chi connectivity index (χ0n) is 10.1. The van der Waals surface area contributed by atoms with E-state index in [9.17, 15) is 14.3 Å². The average Bonchev–Trinajstić information content (AvgIpc) is 2.39. The molecule has 1 N–H and O–H groups in total. The third-order valence-electron chi connectivity index (χ3n) is 3.43. The molecule has 2 rings (SSSR count). The monoisotopic (exact) mass is 254 g/mol. The molecule has 0 unspecified atom stereocenters. The van der Waals surface area contributed by atoms with Gasteiger partial charge in [0.25, 0.3) is 0 Å². The average molecular weight is 254 g/mol. The topological polar surface area (TPSA) is 55.8 Å². The quantitative estimate of drug-likeness (QED) is 0.896. The van der Waals surface area contributed by atoms with Gasteiger partial charge in [-0.05, 0) is 31.0 Å². The molecule has 0 saturated carbocycles. The van der Waals surface area contributed by atoms with Crippen molar-refractivity contribution in [3.63, 3.8) is 0 Å². The maximum absolute atomic E-state index is 13.4. The Hall–Kier alpha value is -1.62. The highest BCUT2D eigenvalue weighted by atomic mass is 19.1. The molecule has 0 aromatic heterocycles. The van der Waals surface area contributed by atoms with Gasteiger partial charge in [-0.15, -0.1) is 0 Å². The van der Waals surface area contributed by atoms with Gasteiger partial charge >= 0.3 is 5.97 Å². The lowest BCUT2D eigenvalue weighted by Crippen LogP contribution is -2.41. The van der Waals surface area contributed by atoms with Gasteiger partial charge in [0.2, 0.25) is 0 Å². The molecule has 1 saturated heterocycles. The van der Waals surface area contributed by atoms with E-state index in [1.54, 1.807) is 0 Å². The van der Waals surface area contributed by atoms with Crippen molar-refractivity contribution in [3.8, 4) is 5.75 Å². The first-order chi connectivity index (χ1) is 8.60. The van der Waals surface area contributed by atoms with Crippen molar-refractivity contribution >= 4 is 5.97 Å². The summed E-state index contributed by atoms with van der Waals surface area (Å²) >= 11 is 0. The van der Waals surface area contributed by atoms with E-state index in [2.05, 4.69) is 0 Å². The van der Waals surface area contributed by atoms with E-state index in [1.807, 2.05) is 0 Å². The summed E-state index contributed by atoms with van der Waals surface area (Å²) in [6, 6.07) is 3.97. The predicted molar refractivity (Wildman–Crippen MR) is 62.3 cm³/mol. The lowest BCUT2D eigenvalue weighted by Gasteiger charge is -2.34. The minimum absolute atomic E-state index is 0.322. The summed E-state index contributed by atoms with van der Waals surface area (Å²) in [5.41, 5.74) is -0.730.